The monoisotopic (exact) mass is 195 g/mol. The topological polar surface area (TPSA) is 34.4 Å². The summed E-state index contributed by atoms with van der Waals surface area (Å²) in [6.45, 7) is 5.09. The highest BCUT2D eigenvalue weighted by atomic mass is 16.5. The largest absolute Gasteiger partial charge is 0.468 e. The van der Waals surface area contributed by atoms with Crippen LogP contribution in [0.5, 0.6) is 0 Å². The van der Waals surface area contributed by atoms with Gasteiger partial charge in [0, 0.05) is 12.6 Å². The van der Waals surface area contributed by atoms with Gasteiger partial charge in [0.2, 0.25) is 0 Å². The van der Waals surface area contributed by atoms with Crippen LogP contribution in [-0.2, 0) is 4.74 Å². The molecule has 1 aromatic rings. The predicted octanol–water partition coefficient (Wildman–Crippen LogP) is 2.11. The summed E-state index contributed by atoms with van der Waals surface area (Å²) < 4.78 is 10.8. The van der Waals surface area contributed by atoms with Crippen molar-refractivity contribution < 1.29 is 9.15 Å². The van der Waals surface area contributed by atoms with Gasteiger partial charge in [-0.3, -0.25) is 0 Å². The number of hydrogen-bond acceptors (Lipinski definition) is 3. The summed E-state index contributed by atoms with van der Waals surface area (Å²) >= 11 is 0. The van der Waals surface area contributed by atoms with E-state index in [9.17, 15) is 0 Å². The molecule has 0 radical (unpaired) electrons. The number of ether oxygens (including phenoxy) is 1. The lowest BCUT2D eigenvalue weighted by Crippen LogP contribution is -2.36. The number of furan rings is 1. The van der Waals surface area contributed by atoms with Crippen LogP contribution >= 0.6 is 0 Å². The Morgan fingerprint density at radius 1 is 1.57 bits per heavy atom. The van der Waals surface area contributed by atoms with Gasteiger partial charge in [-0.05, 0) is 32.4 Å². The summed E-state index contributed by atoms with van der Waals surface area (Å²) in [4.78, 5) is 0. The Hall–Kier alpha value is -0.800. The summed E-state index contributed by atoms with van der Waals surface area (Å²) in [5, 5.41) is 3.51. The van der Waals surface area contributed by atoms with Crippen LogP contribution in [0.25, 0.3) is 0 Å². The molecule has 1 aromatic heterocycles. The molecule has 2 unspecified atom stereocenters. The van der Waals surface area contributed by atoms with Crippen LogP contribution in [0.4, 0.5) is 0 Å². The molecule has 0 spiro atoms. The van der Waals surface area contributed by atoms with Crippen molar-refractivity contribution in [2.24, 2.45) is 0 Å². The Morgan fingerprint density at radius 3 is 3.00 bits per heavy atom. The first-order valence-electron chi connectivity index (χ1n) is 5.18. The van der Waals surface area contributed by atoms with Crippen molar-refractivity contribution in [2.75, 3.05) is 6.61 Å². The summed E-state index contributed by atoms with van der Waals surface area (Å²) in [7, 11) is 0. The molecule has 1 N–H and O–H groups in total. The van der Waals surface area contributed by atoms with E-state index < -0.39 is 0 Å². The van der Waals surface area contributed by atoms with Gasteiger partial charge in [-0.2, -0.15) is 0 Å². The molecule has 3 nitrogen and oxygen atoms in total. The SMILES string of the molecule is CC1OCCC1N[C@H](C)c1ccco1. The normalized spacial score (nSPS) is 29.3. The highest BCUT2D eigenvalue weighted by Crippen LogP contribution is 2.19. The summed E-state index contributed by atoms with van der Waals surface area (Å²) in [6.07, 6.45) is 3.11. The zero-order chi connectivity index (χ0) is 9.97. The quantitative estimate of drug-likeness (QED) is 0.802. The average molecular weight is 195 g/mol. The molecule has 78 valence electrons. The minimum absolute atomic E-state index is 0.263. The van der Waals surface area contributed by atoms with E-state index in [2.05, 4.69) is 19.2 Å². The second kappa shape index (κ2) is 4.15. The second-order valence-electron chi connectivity index (χ2n) is 3.87. The first-order chi connectivity index (χ1) is 6.77. The lowest BCUT2D eigenvalue weighted by atomic mass is 10.1. The average Bonchev–Trinajstić information content (AvgIpc) is 2.77. The van der Waals surface area contributed by atoms with E-state index in [1.54, 1.807) is 6.26 Å². The highest BCUT2D eigenvalue weighted by molar-refractivity contribution is 5.03. The van der Waals surface area contributed by atoms with Crippen LogP contribution in [0.2, 0.25) is 0 Å². The molecule has 1 saturated heterocycles. The van der Waals surface area contributed by atoms with E-state index in [-0.39, 0.29) is 6.04 Å². The van der Waals surface area contributed by atoms with Crippen LogP contribution in [0.15, 0.2) is 22.8 Å². The van der Waals surface area contributed by atoms with Crippen molar-refractivity contribution in [3.63, 3.8) is 0 Å². The van der Waals surface area contributed by atoms with Gasteiger partial charge in [-0.25, -0.2) is 0 Å². The van der Waals surface area contributed by atoms with Crippen molar-refractivity contribution in [2.45, 2.75) is 38.5 Å². The fourth-order valence-electron chi connectivity index (χ4n) is 1.89. The molecule has 0 amide bonds. The number of nitrogens with one attached hydrogen (secondary N) is 1. The summed E-state index contributed by atoms with van der Waals surface area (Å²) in [5.41, 5.74) is 0. The van der Waals surface area contributed by atoms with E-state index in [0.717, 1.165) is 18.8 Å². The fourth-order valence-corrected chi connectivity index (χ4v) is 1.89. The molecule has 3 atom stereocenters. The molecule has 1 fully saturated rings. The van der Waals surface area contributed by atoms with Crippen LogP contribution in [0.3, 0.4) is 0 Å². The van der Waals surface area contributed by atoms with Crippen molar-refractivity contribution >= 4 is 0 Å². The van der Waals surface area contributed by atoms with E-state index in [1.807, 2.05) is 12.1 Å². The second-order valence-corrected chi connectivity index (χ2v) is 3.87. The van der Waals surface area contributed by atoms with E-state index in [1.165, 1.54) is 0 Å². The Morgan fingerprint density at radius 2 is 2.43 bits per heavy atom. The van der Waals surface area contributed by atoms with E-state index >= 15 is 0 Å². The van der Waals surface area contributed by atoms with Gasteiger partial charge in [0.05, 0.1) is 18.4 Å². The van der Waals surface area contributed by atoms with Crippen LogP contribution in [-0.4, -0.2) is 18.8 Å². The smallest absolute Gasteiger partial charge is 0.120 e. The molecule has 1 aliphatic rings. The third-order valence-electron chi connectivity index (χ3n) is 2.81. The fraction of sp³-hybridized carbons (Fsp3) is 0.636. The Bertz CT molecular complexity index is 271. The summed E-state index contributed by atoms with van der Waals surface area (Å²) in [6, 6.07) is 4.63. The maximum absolute atomic E-state index is 5.49. The first kappa shape index (κ1) is 9.74. The van der Waals surface area contributed by atoms with Crippen molar-refractivity contribution in [3.8, 4) is 0 Å². The van der Waals surface area contributed by atoms with Gasteiger partial charge in [0.25, 0.3) is 0 Å². The lowest BCUT2D eigenvalue weighted by Gasteiger charge is -2.20. The maximum atomic E-state index is 5.49. The lowest BCUT2D eigenvalue weighted by molar-refractivity contribution is 0.110. The highest BCUT2D eigenvalue weighted by Gasteiger charge is 2.25. The van der Waals surface area contributed by atoms with Gasteiger partial charge < -0.3 is 14.5 Å². The molecule has 2 rings (SSSR count). The molecule has 0 saturated carbocycles. The molecule has 0 aliphatic carbocycles. The molecule has 14 heavy (non-hydrogen) atoms. The predicted molar refractivity (Wildman–Crippen MR) is 54.1 cm³/mol. The Balaban J connectivity index is 1.91. The van der Waals surface area contributed by atoms with E-state index in [4.69, 9.17) is 9.15 Å². The maximum Gasteiger partial charge on any atom is 0.120 e. The van der Waals surface area contributed by atoms with Gasteiger partial charge >= 0.3 is 0 Å². The molecule has 3 heteroatoms. The summed E-state index contributed by atoms with van der Waals surface area (Å²) in [5.74, 6) is 0.990. The van der Waals surface area contributed by atoms with E-state index in [0.29, 0.717) is 12.1 Å². The zero-order valence-electron chi connectivity index (χ0n) is 8.69. The Kier molecular flexibility index (Phi) is 2.89. The standard InChI is InChI=1S/C11H17NO2/c1-8(11-4-3-6-14-11)12-10-5-7-13-9(10)2/h3-4,6,8-10,12H,5,7H2,1-2H3/t8-,9?,10?/m1/s1. The van der Waals surface area contributed by atoms with Crippen molar-refractivity contribution in [3.05, 3.63) is 24.2 Å². The molecule has 1 aliphatic heterocycles. The first-order valence-corrected chi connectivity index (χ1v) is 5.18. The van der Waals surface area contributed by atoms with Crippen molar-refractivity contribution in [1.82, 2.24) is 5.32 Å². The molecular formula is C11H17NO2. The number of rotatable bonds is 3. The van der Waals surface area contributed by atoms with Gasteiger partial charge in [-0.15, -0.1) is 0 Å². The van der Waals surface area contributed by atoms with Crippen molar-refractivity contribution in [1.29, 1.82) is 0 Å². The number of hydrogen-bond donors (Lipinski definition) is 1. The minimum atomic E-state index is 0.263. The molecule has 2 heterocycles. The Labute approximate surface area is 84.4 Å². The zero-order valence-corrected chi connectivity index (χ0v) is 8.69. The third-order valence-corrected chi connectivity index (χ3v) is 2.81. The molecule has 0 bridgehead atoms. The third kappa shape index (κ3) is 1.99. The van der Waals surface area contributed by atoms with Gasteiger partial charge in [-0.1, -0.05) is 0 Å². The van der Waals surface area contributed by atoms with Crippen LogP contribution < -0.4 is 5.32 Å². The molecule has 0 aromatic carbocycles. The minimum Gasteiger partial charge on any atom is -0.468 e. The van der Waals surface area contributed by atoms with Crippen LogP contribution in [0.1, 0.15) is 32.1 Å². The van der Waals surface area contributed by atoms with Gasteiger partial charge in [0.15, 0.2) is 0 Å². The van der Waals surface area contributed by atoms with Crippen LogP contribution in [0, 0.1) is 0 Å². The van der Waals surface area contributed by atoms with Gasteiger partial charge in [0.1, 0.15) is 5.76 Å². The molecular weight excluding hydrogens is 178 g/mol.